The van der Waals surface area contributed by atoms with Crippen molar-refractivity contribution in [2.24, 2.45) is 0 Å². The van der Waals surface area contributed by atoms with Crippen LogP contribution in [0.25, 0.3) is 0 Å². The molecule has 1 aromatic carbocycles. The van der Waals surface area contributed by atoms with Gasteiger partial charge in [-0.3, -0.25) is 0 Å². The van der Waals surface area contributed by atoms with Gasteiger partial charge in [0.2, 0.25) is 0 Å². The smallest absolute Gasteiger partial charge is 0.332 e. The summed E-state index contributed by atoms with van der Waals surface area (Å²) < 4.78 is 5.00. The maximum absolute atomic E-state index is 11.6. The number of hydrogen-bond donors (Lipinski definition) is 0. The normalized spacial score (nSPS) is 18.6. The summed E-state index contributed by atoms with van der Waals surface area (Å²) >= 11 is 0. The average molecular weight is 259 g/mol. The lowest BCUT2D eigenvalue weighted by Crippen LogP contribution is -2.22. The Morgan fingerprint density at radius 3 is 2.84 bits per heavy atom. The molecule has 1 aliphatic heterocycles. The number of benzene rings is 1. The molecule has 0 radical (unpaired) electrons. The summed E-state index contributed by atoms with van der Waals surface area (Å²) in [4.78, 5) is 13.9. The molecule has 102 valence electrons. The monoisotopic (exact) mass is 259 g/mol. The number of nitrogens with zero attached hydrogens (tertiary/aromatic N) is 1. The lowest BCUT2D eigenvalue weighted by molar-refractivity contribution is -0.137. The molecule has 0 aromatic heterocycles. The van der Waals surface area contributed by atoms with E-state index in [9.17, 15) is 4.79 Å². The zero-order valence-electron chi connectivity index (χ0n) is 11.6. The summed E-state index contributed by atoms with van der Waals surface area (Å²) in [5, 5.41) is 0. The molecule has 0 N–H and O–H groups in total. The number of carbonyl (C=O) groups excluding carboxylic acids is 1. The van der Waals surface area contributed by atoms with Crippen LogP contribution in [0.5, 0.6) is 0 Å². The number of allylic oxidation sites excluding steroid dienone is 1. The number of likely N-dealkylation sites (tertiary alicyclic amines) is 1. The molecular weight excluding hydrogens is 238 g/mol. The second kappa shape index (κ2) is 6.41. The van der Waals surface area contributed by atoms with E-state index >= 15 is 0 Å². The molecule has 0 unspecified atom stereocenters. The molecule has 3 heteroatoms. The zero-order valence-corrected chi connectivity index (χ0v) is 11.6. The number of hydrogen-bond acceptors (Lipinski definition) is 3. The van der Waals surface area contributed by atoms with E-state index in [1.807, 2.05) is 13.0 Å². The predicted octanol–water partition coefficient (Wildman–Crippen LogP) is 3.29. The van der Waals surface area contributed by atoms with E-state index in [0.29, 0.717) is 12.6 Å². The molecule has 0 aliphatic carbocycles. The third-order valence-corrected chi connectivity index (χ3v) is 3.52. The Morgan fingerprint density at radius 2 is 2.16 bits per heavy atom. The van der Waals surface area contributed by atoms with E-state index in [2.05, 4.69) is 36.1 Å². The number of esters is 1. The zero-order chi connectivity index (χ0) is 13.7. The fourth-order valence-corrected chi connectivity index (χ4v) is 2.55. The molecule has 3 nitrogen and oxygen atoms in total. The predicted molar refractivity (Wildman–Crippen MR) is 75.5 cm³/mol. The van der Waals surface area contributed by atoms with E-state index in [-0.39, 0.29) is 5.97 Å². The fourth-order valence-electron chi connectivity index (χ4n) is 2.55. The van der Waals surface area contributed by atoms with Gasteiger partial charge in [-0.05, 0) is 32.3 Å². The van der Waals surface area contributed by atoms with Crippen molar-refractivity contribution in [1.82, 2.24) is 4.90 Å². The van der Waals surface area contributed by atoms with Crippen LogP contribution in [-0.4, -0.2) is 24.0 Å². The molecule has 1 aliphatic rings. The highest BCUT2D eigenvalue weighted by molar-refractivity contribution is 5.82. The second-order valence-electron chi connectivity index (χ2n) is 4.77. The summed E-state index contributed by atoms with van der Waals surface area (Å²) in [6.45, 7) is 5.44. The molecular formula is C16H21NO2. The van der Waals surface area contributed by atoms with Gasteiger partial charge in [-0.15, -0.1) is 0 Å². The Bertz CT molecular complexity index is 453. The summed E-state index contributed by atoms with van der Waals surface area (Å²) in [6, 6.07) is 10.7. The van der Waals surface area contributed by atoms with Crippen LogP contribution in [0.3, 0.4) is 0 Å². The average Bonchev–Trinajstić information content (AvgIpc) is 2.87. The summed E-state index contributed by atoms with van der Waals surface area (Å²) in [7, 11) is 0. The first kappa shape index (κ1) is 13.7. The van der Waals surface area contributed by atoms with Crippen molar-refractivity contribution in [1.29, 1.82) is 0 Å². The van der Waals surface area contributed by atoms with Crippen LogP contribution in [0.1, 0.15) is 38.3 Å². The molecule has 0 spiro atoms. The SMILES string of the molecule is CCOC(=O)/C=C1\CCCN1[C@@H](C)c1ccccc1. The van der Waals surface area contributed by atoms with Crippen molar-refractivity contribution in [2.75, 3.05) is 13.2 Å². The third kappa shape index (κ3) is 3.37. The van der Waals surface area contributed by atoms with Crippen molar-refractivity contribution in [3.8, 4) is 0 Å². The topological polar surface area (TPSA) is 29.5 Å². The molecule has 1 fully saturated rings. The summed E-state index contributed by atoms with van der Waals surface area (Å²) in [5.74, 6) is -0.232. The quantitative estimate of drug-likeness (QED) is 0.614. The van der Waals surface area contributed by atoms with E-state index in [1.54, 1.807) is 6.08 Å². The molecule has 0 bridgehead atoms. The van der Waals surface area contributed by atoms with Gasteiger partial charge in [0.05, 0.1) is 12.6 Å². The van der Waals surface area contributed by atoms with Crippen LogP contribution in [0.2, 0.25) is 0 Å². The minimum Gasteiger partial charge on any atom is -0.463 e. The van der Waals surface area contributed by atoms with Crippen LogP contribution in [0, 0.1) is 0 Å². The summed E-state index contributed by atoms with van der Waals surface area (Å²) in [6.07, 6.45) is 3.70. The lowest BCUT2D eigenvalue weighted by Gasteiger charge is -2.28. The van der Waals surface area contributed by atoms with Crippen molar-refractivity contribution in [3.63, 3.8) is 0 Å². The Labute approximate surface area is 114 Å². The number of rotatable bonds is 4. The molecule has 1 atom stereocenters. The molecule has 0 amide bonds. The van der Waals surface area contributed by atoms with Gasteiger partial charge in [0.1, 0.15) is 0 Å². The van der Waals surface area contributed by atoms with Crippen LogP contribution in [-0.2, 0) is 9.53 Å². The van der Waals surface area contributed by atoms with Crippen LogP contribution >= 0.6 is 0 Å². The van der Waals surface area contributed by atoms with Crippen LogP contribution in [0.4, 0.5) is 0 Å². The maximum Gasteiger partial charge on any atom is 0.332 e. The molecule has 2 rings (SSSR count). The van der Waals surface area contributed by atoms with Crippen molar-refractivity contribution in [2.45, 2.75) is 32.7 Å². The second-order valence-corrected chi connectivity index (χ2v) is 4.77. The first-order chi connectivity index (χ1) is 9.22. The molecule has 1 aromatic rings. The first-order valence-corrected chi connectivity index (χ1v) is 6.91. The van der Waals surface area contributed by atoms with Gasteiger partial charge >= 0.3 is 5.97 Å². The van der Waals surface area contributed by atoms with Crippen molar-refractivity contribution in [3.05, 3.63) is 47.7 Å². The first-order valence-electron chi connectivity index (χ1n) is 6.91. The highest BCUT2D eigenvalue weighted by Crippen LogP contribution is 2.31. The van der Waals surface area contributed by atoms with Gasteiger partial charge in [-0.2, -0.15) is 0 Å². The molecule has 19 heavy (non-hydrogen) atoms. The lowest BCUT2D eigenvalue weighted by atomic mass is 10.1. The highest BCUT2D eigenvalue weighted by atomic mass is 16.5. The van der Waals surface area contributed by atoms with Crippen LogP contribution < -0.4 is 0 Å². The van der Waals surface area contributed by atoms with E-state index in [4.69, 9.17) is 4.74 Å². The standard InChI is InChI=1S/C16H21NO2/c1-3-19-16(18)12-15-10-7-11-17(15)13(2)14-8-5-4-6-9-14/h4-6,8-9,12-13H,3,7,10-11H2,1-2H3/b15-12+/t13-/m0/s1. The fraction of sp³-hybridized carbons (Fsp3) is 0.438. The number of ether oxygens (including phenoxy) is 1. The van der Waals surface area contributed by atoms with Crippen LogP contribution in [0.15, 0.2) is 42.1 Å². The Balaban J connectivity index is 2.12. The highest BCUT2D eigenvalue weighted by Gasteiger charge is 2.23. The van der Waals surface area contributed by atoms with Gasteiger partial charge in [-0.25, -0.2) is 4.79 Å². The van der Waals surface area contributed by atoms with E-state index in [1.165, 1.54) is 5.56 Å². The molecule has 1 saturated heterocycles. The maximum atomic E-state index is 11.6. The third-order valence-electron chi connectivity index (χ3n) is 3.52. The Kier molecular flexibility index (Phi) is 4.61. The van der Waals surface area contributed by atoms with Crippen molar-refractivity contribution >= 4 is 5.97 Å². The molecule has 0 saturated carbocycles. The minimum atomic E-state index is -0.232. The van der Waals surface area contributed by atoms with E-state index < -0.39 is 0 Å². The summed E-state index contributed by atoms with van der Waals surface area (Å²) in [5.41, 5.74) is 2.37. The van der Waals surface area contributed by atoms with Gasteiger partial charge in [0.15, 0.2) is 0 Å². The Hall–Kier alpha value is -1.77. The van der Waals surface area contributed by atoms with Crippen molar-refractivity contribution < 1.29 is 9.53 Å². The number of carbonyl (C=O) groups is 1. The van der Waals surface area contributed by atoms with Gasteiger partial charge < -0.3 is 9.64 Å². The Morgan fingerprint density at radius 1 is 1.42 bits per heavy atom. The van der Waals surface area contributed by atoms with Gasteiger partial charge in [-0.1, -0.05) is 30.3 Å². The largest absolute Gasteiger partial charge is 0.463 e. The minimum absolute atomic E-state index is 0.232. The van der Waals surface area contributed by atoms with E-state index in [0.717, 1.165) is 25.1 Å². The van der Waals surface area contributed by atoms with Gasteiger partial charge in [0, 0.05) is 18.3 Å². The molecule has 1 heterocycles. The van der Waals surface area contributed by atoms with Gasteiger partial charge in [0.25, 0.3) is 0 Å².